The van der Waals surface area contributed by atoms with Gasteiger partial charge in [-0.05, 0) is 37.3 Å². The van der Waals surface area contributed by atoms with Crippen molar-refractivity contribution in [2.24, 2.45) is 0 Å². The van der Waals surface area contributed by atoms with E-state index in [9.17, 15) is 0 Å². The van der Waals surface area contributed by atoms with Crippen molar-refractivity contribution in [1.29, 1.82) is 0 Å². The second-order valence-electron chi connectivity index (χ2n) is 4.33. The molecule has 0 unspecified atom stereocenters. The van der Waals surface area contributed by atoms with Gasteiger partial charge < -0.3 is 5.73 Å². The lowest BCUT2D eigenvalue weighted by atomic mass is 10.1. The van der Waals surface area contributed by atoms with Crippen molar-refractivity contribution in [1.82, 2.24) is 9.38 Å². The first-order valence-corrected chi connectivity index (χ1v) is 6.52. The zero-order valence-corrected chi connectivity index (χ0v) is 11.7. The largest absolute Gasteiger partial charge is 0.383 e. The maximum absolute atomic E-state index is 6.21. The molecule has 19 heavy (non-hydrogen) atoms. The first kappa shape index (κ1) is 12.3. The summed E-state index contributed by atoms with van der Waals surface area (Å²) in [6.45, 7) is 1.98. The number of anilines is 1. The summed E-state index contributed by atoms with van der Waals surface area (Å²) >= 11 is 12.1. The van der Waals surface area contributed by atoms with Crippen molar-refractivity contribution in [3.63, 3.8) is 0 Å². The first-order valence-electron chi connectivity index (χ1n) is 5.77. The van der Waals surface area contributed by atoms with Gasteiger partial charge in [-0.1, -0.05) is 29.3 Å². The molecule has 2 heterocycles. The van der Waals surface area contributed by atoms with Gasteiger partial charge >= 0.3 is 0 Å². The molecular weight excluding hydrogens is 281 g/mol. The number of nitrogens with zero attached hydrogens (tertiary/aromatic N) is 2. The minimum Gasteiger partial charge on any atom is -0.383 e. The molecule has 2 N–H and O–H groups in total. The summed E-state index contributed by atoms with van der Waals surface area (Å²) in [7, 11) is 0. The minimum atomic E-state index is 0.542. The van der Waals surface area contributed by atoms with Crippen LogP contribution >= 0.6 is 23.2 Å². The van der Waals surface area contributed by atoms with Crippen LogP contribution in [0.3, 0.4) is 0 Å². The number of hydrogen-bond acceptors (Lipinski definition) is 2. The lowest BCUT2D eigenvalue weighted by Crippen LogP contribution is -1.97. The Labute approximate surface area is 120 Å². The van der Waals surface area contributed by atoms with Crippen LogP contribution < -0.4 is 5.73 Å². The maximum atomic E-state index is 6.21. The molecule has 5 heteroatoms. The third kappa shape index (κ3) is 1.95. The van der Waals surface area contributed by atoms with E-state index >= 15 is 0 Å². The maximum Gasteiger partial charge on any atom is 0.139 e. The summed E-state index contributed by atoms with van der Waals surface area (Å²) in [6.07, 6.45) is 0. The zero-order chi connectivity index (χ0) is 13.6. The van der Waals surface area contributed by atoms with Crippen molar-refractivity contribution < 1.29 is 0 Å². The molecule has 0 bridgehead atoms. The third-order valence-electron chi connectivity index (χ3n) is 3.06. The molecule has 0 saturated carbocycles. The van der Waals surface area contributed by atoms with Crippen LogP contribution in [0.4, 0.5) is 5.82 Å². The van der Waals surface area contributed by atoms with Crippen molar-refractivity contribution >= 4 is 34.7 Å². The second-order valence-corrected chi connectivity index (χ2v) is 5.17. The summed E-state index contributed by atoms with van der Waals surface area (Å²) in [5, 5.41) is 1.13. The smallest absolute Gasteiger partial charge is 0.139 e. The fourth-order valence-electron chi connectivity index (χ4n) is 2.16. The highest BCUT2D eigenvalue weighted by molar-refractivity contribution is 6.36. The summed E-state index contributed by atoms with van der Waals surface area (Å²) in [5.41, 5.74) is 9.48. The summed E-state index contributed by atoms with van der Waals surface area (Å²) < 4.78 is 1.90. The van der Waals surface area contributed by atoms with E-state index in [1.54, 1.807) is 12.1 Å². The Bertz CT molecular complexity index is 778. The van der Waals surface area contributed by atoms with Gasteiger partial charge in [0.1, 0.15) is 17.2 Å². The number of aryl methyl sites for hydroxylation is 1. The molecule has 0 radical (unpaired) electrons. The van der Waals surface area contributed by atoms with Crippen LogP contribution in [0.15, 0.2) is 36.4 Å². The van der Waals surface area contributed by atoms with Gasteiger partial charge in [-0.3, -0.25) is 4.40 Å². The fraction of sp³-hybridized carbons (Fsp3) is 0.0714. The van der Waals surface area contributed by atoms with Crippen LogP contribution in [0.5, 0.6) is 0 Å². The highest BCUT2D eigenvalue weighted by atomic mass is 35.5. The van der Waals surface area contributed by atoms with E-state index < -0.39 is 0 Å². The SMILES string of the molecule is Cc1cccc2nc(-c3ccc(Cl)cc3Cl)c(N)n12. The van der Waals surface area contributed by atoms with Crippen molar-refractivity contribution in [3.05, 3.63) is 52.1 Å². The predicted molar refractivity (Wildman–Crippen MR) is 79.8 cm³/mol. The van der Waals surface area contributed by atoms with Gasteiger partial charge in [0.2, 0.25) is 0 Å². The number of fused-ring (bicyclic) bond motifs is 1. The minimum absolute atomic E-state index is 0.542. The van der Waals surface area contributed by atoms with E-state index in [1.165, 1.54) is 0 Å². The third-order valence-corrected chi connectivity index (χ3v) is 3.61. The molecular formula is C14H11Cl2N3. The first-order chi connectivity index (χ1) is 9.08. The van der Waals surface area contributed by atoms with E-state index in [-0.39, 0.29) is 0 Å². The lowest BCUT2D eigenvalue weighted by Gasteiger charge is -2.04. The van der Waals surface area contributed by atoms with Gasteiger partial charge in [0, 0.05) is 16.3 Å². The van der Waals surface area contributed by atoms with Crippen LogP contribution in [0, 0.1) is 6.92 Å². The predicted octanol–water partition coefficient (Wildman–Crippen LogP) is 4.20. The number of halogens is 2. The zero-order valence-electron chi connectivity index (χ0n) is 10.2. The molecule has 3 nitrogen and oxygen atoms in total. The Balaban J connectivity index is 2.31. The van der Waals surface area contributed by atoms with Crippen LogP contribution in [-0.2, 0) is 0 Å². The molecule has 3 aromatic rings. The Morgan fingerprint density at radius 1 is 1.16 bits per heavy atom. The standard InChI is InChI=1S/C14H11Cl2N3/c1-8-3-2-4-12-18-13(14(17)19(8)12)10-6-5-9(15)7-11(10)16/h2-7H,17H2,1H3. The van der Waals surface area contributed by atoms with Crippen molar-refractivity contribution in [2.75, 3.05) is 5.73 Å². The summed E-state index contributed by atoms with van der Waals surface area (Å²) in [4.78, 5) is 4.54. The van der Waals surface area contributed by atoms with E-state index in [4.69, 9.17) is 28.9 Å². The molecule has 0 amide bonds. The van der Waals surface area contributed by atoms with Crippen LogP contribution in [0.2, 0.25) is 10.0 Å². The number of aromatic nitrogens is 2. The Kier molecular flexibility index (Phi) is 2.88. The summed E-state index contributed by atoms with van der Waals surface area (Å²) in [6, 6.07) is 11.1. The second kappa shape index (κ2) is 4.44. The van der Waals surface area contributed by atoms with Gasteiger partial charge in [-0.15, -0.1) is 0 Å². The highest BCUT2D eigenvalue weighted by Gasteiger charge is 2.15. The molecule has 0 saturated heterocycles. The molecule has 96 valence electrons. The quantitative estimate of drug-likeness (QED) is 0.730. The molecule has 0 atom stereocenters. The number of benzene rings is 1. The highest BCUT2D eigenvalue weighted by Crippen LogP contribution is 2.34. The van der Waals surface area contributed by atoms with Gasteiger partial charge in [-0.25, -0.2) is 4.98 Å². The van der Waals surface area contributed by atoms with Gasteiger partial charge in [0.15, 0.2) is 0 Å². The average molecular weight is 292 g/mol. The molecule has 2 aromatic heterocycles. The molecule has 0 aliphatic heterocycles. The number of hydrogen-bond donors (Lipinski definition) is 1. The van der Waals surface area contributed by atoms with Gasteiger partial charge in [-0.2, -0.15) is 0 Å². The van der Waals surface area contributed by atoms with Gasteiger partial charge in [0.25, 0.3) is 0 Å². The number of nitrogens with two attached hydrogens (primary N) is 1. The van der Waals surface area contributed by atoms with E-state index in [0.717, 1.165) is 16.9 Å². The molecule has 0 aliphatic rings. The number of nitrogen functional groups attached to an aromatic ring is 1. The van der Waals surface area contributed by atoms with Crippen LogP contribution in [0.1, 0.15) is 5.69 Å². The Morgan fingerprint density at radius 2 is 1.95 bits per heavy atom. The molecule has 1 aromatic carbocycles. The summed E-state index contributed by atoms with van der Waals surface area (Å²) in [5.74, 6) is 0.581. The number of imidazole rings is 1. The molecule has 0 spiro atoms. The Hall–Kier alpha value is -1.71. The lowest BCUT2D eigenvalue weighted by molar-refractivity contribution is 1.10. The van der Waals surface area contributed by atoms with E-state index in [1.807, 2.05) is 35.6 Å². The molecule has 0 aliphatic carbocycles. The molecule has 3 rings (SSSR count). The topological polar surface area (TPSA) is 43.3 Å². The van der Waals surface area contributed by atoms with Crippen LogP contribution in [0.25, 0.3) is 16.9 Å². The number of rotatable bonds is 1. The normalized spacial score (nSPS) is 11.1. The Morgan fingerprint density at radius 3 is 2.63 bits per heavy atom. The van der Waals surface area contributed by atoms with Gasteiger partial charge in [0.05, 0.1) is 5.02 Å². The molecule has 0 fully saturated rings. The monoisotopic (exact) mass is 291 g/mol. The van der Waals surface area contributed by atoms with Crippen molar-refractivity contribution in [3.8, 4) is 11.3 Å². The van der Waals surface area contributed by atoms with E-state index in [2.05, 4.69) is 4.98 Å². The van der Waals surface area contributed by atoms with Crippen LogP contribution in [-0.4, -0.2) is 9.38 Å². The average Bonchev–Trinajstić information content (AvgIpc) is 2.68. The number of pyridine rings is 1. The fourth-order valence-corrected chi connectivity index (χ4v) is 2.66. The van der Waals surface area contributed by atoms with Crippen molar-refractivity contribution in [2.45, 2.75) is 6.92 Å². The van der Waals surface area contributed by atoms with E-state index in [0.29, 0.717) is 21.6 Å².